The second-order valence-corrected chi connectivity index (χ2v) is 5.76. The van der Waals surface area contributed by atoms with Crippen molar-refractivity contribution in [3.8, 4) is 0 Å². The van der Waals surface area contributed by atoms with Crippen molar-refractivity contribution in [1.82, 2.24) is 9.78 Å². The molecule has 0 bridgehead atoms. The Kier molecular flexibility index (Phi) is 4.14. The van der Waals surface area contributed by atoms with Crippen LogP contribution in [-0.4, -0.2) is 36.2 Å². The smallest absolute Gasteiger partial charge is 0.152 e. The molecular weight excluding hydrogens is 214 g/mol. The molecule has 1 aromatic rings. The molecule has 0 saturated carbocycles. The molecule has 0 aromatic carbocycles. The zero-order valence-corrected chi connectivity index (χ0v) is 9.92. The van der Waals surface area contributed by atoms with Crippen molar-refractivity contribution in [2.75, 3.05) is 23.4 Å². The fraction of sp³-hybridized carbons (Fsp3) is 0.667. The summed E-state index contributed by atoms with van der Waals surface area (Å²) in [5.74, 6) is 1.14. The Morgan fingerprint density at radius 3 is 2.73 bits per heavy atom. The third-order valence-electron chi connectivity index (χ3n) is 1.95. The van der Waals surface area contributed by atoms with Crippen LogP contribution in [0.4, 0.5) is 5.82 Å². The van der Waals surface area contributed by atoms with Crippen LogP contribution in [0, 0.1) is 0 Å². The molecule has 0 aliphatic carbocycles. The zero-order chi connectivity index (χ0) is 11.3. The highest BCUT2D eigenvalue weighted by molar-refractivity contribution is 7.91. The lowest BCUT2D eigenvalue weighted by Gasteiger charge is -2.03. The Balaban J connectivity index is 2.33. The van der Waals surface area contributed by atoms with E-state index >= 15 is 0 Å². The Hall–Kier alpha value is -1.04. The fourth-order valence-corrected chi connectivity index (χ4v) is 2.50. The molecule has 0 unspecified atom stereocenters. The number of aromatic nitrogens is 2. The van der Waals surface area contributed by atoms with E-state index in [0.29, 0.717) is 18.8 Å². The highest BCUT2D eigenvalue weighted by Crippen LogP contribution is 2.01. The molecule has 15 heavy (non-hydrogen) atoms. The van der Waals surface area contributed by atoms with Crippen LogP contribution in [0.15, 0.2) is 12.3 Å². The first-order valence-electron chi connectivity index (χ1n) is 4.97. The van der Waals surface area contributed by atoms with Gasteiger partial charge in [0.1, 0.15) is 5.82 Å². The minimum atomic E-state index is -2.89. The first kappa shape index (κ1) is 12.0. The molecule has 0 radical (unpaired) electrons. The van der Waals surface area contributed by atoms with Crippen LogP contribution >= 0.6 is 0 Å². The molecule has 0 fully saturated rings. The molecule has 86 valence electrons. The molecule has 1 rings (SSSR count). The third kappa shape index (κ3) is 4.33. The van der Waals surface area contributed by atoms with Crippen LogP contribution in [0.3, 0.4) is 0 Å². The van der Waals surface area contributed by atoms with E-state index in [1.807, 2.05) is 26.2 Å². The zero-order valence-electron chi connectivity index (χ0n) is 9.10. The van der Waals surface area contributed by atoms with Crippen LogP contribution in [-0.2, 0) is 16.9 Å². The summed E-state index contributed by atoms with van der Waals surface area (Å²) in [6, 6.07) is 1.81. The minimum Gasteiger partial charge on any atom is -0.368 e. The van der Waals surface area contributed by atoms with Crippen LogP contribution in [0.25, 0.3) is 0 Å². The van der Waals surface area contributed by atoms with E-state index in [0.717, 1.165) is 0 Å². The largest absolute Gasteiger partial charge is 0.368 e. The van der Waals surface area contributed by atoms with E-state index < -0.39 is 9.84 Å². The Bertz CT molecular complexity index is 397. The van der Waals surface area contributed by atoms with Crippen molar-refractivity contribution in [3.05, 3.63) is 12.3 Å². The van der Waals surface area contributed by atoms with E-state index in [1.54, 1.807) is 4.68 Å². The molecule has 0 atom stereocenters. The van der Waals surface area contributed by atoms with Crippen molar-refractivity contribution >= 4 is 15.7 Å². The molecule has 1 aromatic heterocycles. The molecule has 0 spiro atoms. The highest BCUT2D eigenvalue weighted by atomic mass is 32.2. The van der Waals surface area contributed by atoms with Gasteiger partial charge in [0.2, 0.25) is 0 Å². The molecular formula is C9H17N3O2S. The standard InChI is InChI=1S/C9H17N3O2S/c1-3-7-15(13,14)8-5-10-9-4-6-12(2)11-9/h4,6H,3,5,7-8H2,1-2H3,(H,10,11). The first-order valence-corrected chi connectivity index (χ1v) is 6.79. The van der Waals surface area contributed by atoms with E-state index in [1.165, 1.54) is 0 Å². The fourth-order valence-electron chi connectivity index (χ4n) is 1.26. The highest BCUT2D eigenvalue weighted by Gasteiger charge is 2.08. The van der Waals surface area contributed by atoms with Gasteiger partial charge < -0.3 is 5.32 Å². The second kappa shape index (κ2) is 5.16. The molecule has 0 aliphatic rings. The molecule has 5 nitrogen and oxygen atoms in total. The predicted octanol–water partition coefficient (Wildman–Crippen LogP) is 0.657. The number of nitrogens with one attached hydrogen (secondary N) is 1. The minimum absolute atomic E-state index is 0.164. The molecule has 0 saturated heterocycles. The number of hydrogen-bond donors (Lipinski definition) is 1. The van der Waals surface area contributed by atoms with Crippen molar-refractivity contribution in [3.63, 3.8) is 0 Å². The van der Waals surface area contributed by atoms with Gasteiger partial charge in [-0.05, 0) is 6.42 Å². The quantitative estimate of drug-likeness (QED) is 0.781. The van der Waals surface area contributed by atoms with Crippen LogP contribution in [0.1, 0.15) is 13.3 Å². The molecule has 6 heteroatoms. The van der Waals surface area contributed by atoms with E-state index in [2.05, 4.69) is 10.4 Å². The normalized spacial score (nSPS) is 11.6. The SMILES string of the molecule is CCCS(=O)(=O)CCNc1ccn(C)n1. The Morgan fingerprint density at radius 2 is 2.20 bits per heavy atom. The van der Waals surface area contributed by atoms with E-state index in [4.69, 9.17) is 0 Å². The van der Waals surface area contributed by atoms with Gasteiger partial charge in [-0.15, -0.1) is 0 Å². The van der Waals surface area contributed by atoms with Gasteiger partial charge in [0, 0.05) is 31.6 Å². The van der Waals surface area contributed by atoms with Gasteiger partial charge in [-0.1, -0.05) is 6.92 Å². The van der Waals surface area contributed by atoms with Gasteiger partial charge in [-0.25, -0.2) is 8.42 Å². The van der Waals surface area contributed by atoms with Crippen molar-refractivity contribution in [2.45, 2.75) is 13.3 Å². The monoisotopic (exact) mass is 231 g/mol. The number of rotatable bonds is 6. The maximum Gasteiger partial charge on any atom is 0.152 e. The lowest BCUT2D eigenvalue weighted by molar-refractivity contribution is 0.595. The van der Waals surface area contributed by atoms with Crippen molar-refractivity contribution < 1.29 is 8.42 Å². The molecule has 0 aliphatic heterocycles. The summed E-state index contributed by atoms with van der Waals surface area (Å²) >= 11 is 0. The summed E-state index contributed by atoms with van der Waals surface area (Å²) in [7, 11) is -1.07. The average molecular weight is 231 g/mol. The molecule has 0 amide bonds. The maximum atomic E-state index is 11.4. The van der Waals surface area contributed by atoms with Gasteiger partial charge in [0.25, 0.3) is 0 Å². The Morgan fingerprint density at radius 1 is 1.47 bits per heavy atom. The third-order valence-corrected chi connectivity index (χ3v) is 3.80. The van der Waals surface area contributed by atoms with Crippen molar-refractivity contribution in [2.24, 2.45) is 7.05 Å². The second-order valence-electron chi connectivity index (χ2n) is 3.45. The average Bonchev–Trinajstić information content (AvgIpc) is 2.51. The van der Waals surface area contributed by atoms with Crippen LogP contribution < -0.4 is 5.32 Å². The summed E-state index contributed by atoms with van der Waals surface area (Å²) in [5.41, 5.74) is 0. The Labute approximate surface area is 90.4 Å². The first-order chi connectivity index (χ1) is 7.03. The summed E-state index contributed by atoms with van der Waals surface area (Å²) in [6.45, 7) is 2.28. The van der Waals surface area contributed by atoms with Gasteiger partial charge in [0.05, 0.1) is 5.75 Å². The van der Waals surface area contributed by atoms with Crippen LogP contribution in [0.5, 0.6) is 0 Å². The van der Waals surface area contributed by atoms with Crippen LogP contribution in [0.2, 0.25) is 0 Å². The topological polar surface area (TPSA) is 64.0 Å². The number of anilines is 1. The summed E-state index contributed by atoms with van der Waals surface area (Å²) in [6.07, 6.45) is 2.48. The van der Waals surface area contributed by atoms with Gasteiger partial charge in [0.15, 0.2) is 9.84 Å². The summed E-state index contributed by atoms with van der Waals surface area (Å²) in [4.78, 5) is 0. The molecule has 1 heterocycles. The van der Waals surface area contributed by atoms with Gasteiger partial charge in [-0.2, -0.15) is 5.10 Å². The lowest BCUT2D eigenvalue weighted by atomic mass is 10.6. The lowest BCUT2D eigenvalue weighted by Crippen LogP contribution is -2.18. The van der Waals surface area contributed by atoms with E-state index in [-0.39, 0.29) is 11.5 Å². The van der Waals surface area contributed by atoms with Gasteiger partial charge in [-0.3, -0.25) is 4.68 Å². The number of hydrogen-bond acceptors (Lipinski definition) is 4. The maximum absolute atomic E-state index is 11.4. The number of nitrogens with zero attached hydrogens (tertiary/aromatic N) is 2. The summed E-state index contributed by atoms with van der Waals surface area (Å²) < 4.78 is 24.4. The number of sulfone groups is 1. The van der Waals surface area contributed by atoms with Crippen molar-refractivity contribution in [1.29, 1.82) is 0 Å². The summed E-state index contributed by atoms with van der Waals surface area (Å²) in [5, 5.41) is 7.06. The predicted molar refractivity (Wildman–Crippen MR) is 60.6 cm³/mol. The van der Waals surface area contributed by atoms with Gasteiger partial charge >= 0.3 is 0 Å². The number of aryl methyl sites for hydroxylation is 1. The molecule has 1 N–H and O–H groups in total. The van der Waals surface area contributed by atoms with E-state index in [9.17, 15) is 8.42 Å².